The molecule has 0 saturated heterocycles. The molecule has 0 aliphatic rings. The normalized spacial score (nSPS) is 12.1. The molecule has 3 nitrogen and oxygen atoms in total. The highest BCUT2D eigenvalue weighted by Crippen LogP contribution is 2.21. The first-order chi connectivity index (χ1) is 8.81. The maximum absolute atomic E-state index is 12.5. The zero-order chi connectivity index (χ0) is 14.5. The van der Waals surface area contributed by atoms with E-state index in [2.05, 4.69) is 0 Å². The molecule has 1 aromatic rings. The molecular weight excluding hydrogens is 264 g/mol. The van der Waals surface area contributed by atoms with E-state index in [4.69, 9.17) is 5.73 Å². The summed E-state index contributed by atoms with van der Waals surface area (Å²) in [5.41, 5.74) is 6.62. The van der Waals surface area contributed by atoms with E-state index in [0.717, 1.165) is 6.08 Å². The van der Waals surface area contributed by atoms with Gasteiger partial charge in [-0.2, -0.15) is 8.78 Å². The summed E-state index contributed by atoms with van der Waals surface area (Å²) in [4.78, 5) is 11.2. The summed E-state index contributed by atoms with van der Waals surface area (Å²) in [6.07, 6.45) is -1.48. The van der Waals surface area contributed by atoms with Gasteiger partial charge in [-0.1, -0.05) is 12.1 Å². The fourth-order valence-corrected chi connectivity index (χ4v) is 1.12. The molecule has 1 rings (SSSR count). The summed E-state index contributed by atoms with van der Waals surface area (Å²) in [6.45, 7) is -1.41. The van der Waals surface area contributed by atoms with Gasteiger partial charge in [-0.25, -0.2) is 8.78 Å². The van der Waals surface area contributed by atoms with Gasteiger partial charge in [0.15, 0.2) is 0 Å². The zero-order valence-corrected chi connectivity index (χ0v) is 9.75. The van der Waals surface area contributed by atoms with Gasteiger partial charge in [-0.15, -0.1) is 0 Å². The number of nitrogens with one attached hydrogen (secondary N) is 1. The lowest BCUT2D eigenvalue weighted by atomic mass is 10.2. The Morgan fingerprint density at radius 3 is 2.42 bits per heavy atom. The third-order valence-corrected chi connectivity index (χ3v) is 2.18. The lowest BCUT2D eigenvalue weighted by Gasteiger charge is -2.14. The van der Waals surface area contributed by atoms with Gasteiger partial charge in [0.05, 0.1) is 6.54 Å². The smallest absolute Gasteiger partial charge is 0.324 e. The third kappa shape index (κ3) is 4.99. The van der Waals surface area contributed by atoms with Crippen molar-refractivity contribution in [3.8, 4) is 0 Å². The van der Waals surface area contributed by atoms with E-state index in [0.29, 0.717) is 11.3 Å². The lowest BCUT2D eigenvalue weighted by molar-refractivity contribution is -0.134. The average Bonchev–Trinajstić information content (AvgIpc) is 2.35. The molecule has 1 aromatic carbocycles. The fraction of sp³-hybridized carbons (Fsp3) is 0.250. The fourth-order valence-electron chi connectivity index (χ4n) is 1.12. The van der Waals surface area contributed by atoms with Gasteiger partial charge in [0.25, 0.3) is 0 Å². The van der Waals surface area contributed by atoms with Gasteiger partial charge in [0.2, 0.25) is 5.91 Å². The highest BCUT2D eigenvalue weighted by molar-refractivity contribution is 5.91. The minimum Gasteiger partial charge on any atom is -0.399 e. The van der Waals surface area contributed by atoms with Crippen molar-refractivity contribution in [2.24, 2.45) is 0 Å². The van der Waals surface area contributed by atoms with Crippen LogP contribution in [-0.2, 0) is 4.79 Å². The maximum Gasteiger partial charge on any atom is 0.324 e. The second-order valence-electron chi connectivity index (χ2n) is 3.78. The Labute approximate surface area is 107 Å². The van der Waals surface area contributed by atoms with Gasteiger partial charge in [-0.3, -0.25) is 4.79 Å². The molecule has 0 aromatic heterocycles. The van der Waals surface area contributed by atoms with Crippen molar-refractivity contribution in [3.63, 3.8) is 0 Å². The standard InChI is InChI=1S/C12H12F4N2O/c13-11(14)12(15,16)7-18-10(19)6-3-8-1-4-9(17)5-2-8/h1-6,11H,7,17H2,(H,18,19)/b6-3+. The van der Waals surface area contributed by atoms with Crippen LogP contribution in [0.3, 0.4) is 0 Å². The van der Waals surface area contributed by atoms with Crippen LogP contribution in [0.4, 0.5) is 23.2 Å². The number of rotatable bonds is 5. The van der Waals surface area contributed by atoms with Crippen molar-refractivity contribution in [3.05, 3.63) is 35.9 Å². The van der Waals surface area contributed by atoms with E-state index in [-0.39, 0.29) is 0 Å². The molecule has 0 aliphatic heterocycles. The first kappa shape index (κ1) is 15.0. The predicted molar refractivity (Wildman–Crippen MR) is 63.8 cm³/mol. The summed E-state index contributed by atoms with van der Waals surface area (Å²) >= 11 is 0. The van der Waals surface area contributed by atoms with Crippen molar-refractivity contribution in [2.75, 3.05) is 12.3 Å². The van der Waals surface area contributed by atoms with E-state index in [1.54, 1.807) is 29.6 Å². The Morgan fingerprint density at radius 2 is 1.89 bits per heavy atom. The van der Waals surface area contributed by atoms with Crippen LogP contribution in [0, 0.1) is 0 Å². The number of alkyl halides is 4. The minimum absolute atomic E-state index is 0.540. The van der Waals surface area contributed by atoms with Gasteiger partial charge in [0.1, 0.15) is 0 Å². The van der Waals surface area contributed by atoms with E-state index in [1.165, 1.54) is 6.08 Å². The van der Waals surface area contributed by atoms with Crippen LogP contribution < -0.4 is 11.1 Å². The molecule has 0 bridgehead atoms. The Morgan fingerprint density at radius 1 is 1.32 bits per heavy atom. The van der Waals surface area contributed by atoms with Crippen molar-refractivity contribution in [1.29, 1.82) is 0 Å². The van der Waals surface area contributed by atoms with Gasteiger partial charge >= 0.3 is 12.3 Å². The lowest BCUT2D eigenvalue weighted by Crippen LogP contribution is -2.40. The molecular formula is C12H12F4N2O. The van der Waals surface area contributed by atoms with Crippen molar-refractivity contribution < 1.29 is 22.4 Å². The molecule has 0 saturated carbocycles. The number of nitrogen functional groups attached to an aromatic ring is 1. The predicted octanol–water partition coefficient (Wildman–Crippen LogP) is 2.30. The molecule has 1 amide bonds. The number of hydrogen-bond donors (Lipinski definition) is 2. The van der Waals surface area contributed by atoms with Crippen LogP contribution in [0.15, 0.2) is 30.3 Å². The van der Waals surface area contributed by atoms with Crippen LogP contribution >= 0.6 is 0 Å². The van der Waals surface area contributed by atoms with Gasteiger partial charge in [0, 0.05) is 11.8 Å². The molecule has 0 heterocycles. The minimum atomic E-state index is -4.23. The van der Waals surface area contributed by atoms with Crippen LogP contribution in [0.1, 0.15) is 5.56 Å². The van der Waals surface area contributed by atoms with Crippen LogP contribution in [-0.4, -0.2) is 24.8 Å². The molecule has 0 fully saturated rings. The maximum atomic E-state index is 12.5. The molecule has 7 heteroatoms. The number of hydrogen-bond acceptors (Lipinski definition) is 2. The monoisotopic (exact) mass is 276 g/mol. The number of amides is 1. The van der Waals surface area contributed by atoms with E-state index in [9.17, 15) is 22.4 Å². The first-order valence-electron chi connectivity index (χ1n) is 5.29. The Balaban J connectivity index is 2.50. The molecule has 3 N–H and O–H groups in total. The highest BCUT2D eigenvalue weighted by atomic mass is 19.3. The second kappa shape index (κ2) is 6.21. The van der Waals surface area contributed by atoms with Crippen molar-refractivity contribution in [2.45, 2.75) is 12.3 Å². The molecule has 0 atom stereocenters. The summed E-state index contributed by atoms with van der Waals surface area (Å²) in [7, 11) is 0. The first-order valence-corrected chi connectivity index (χ1v) is 5.29. The molecule has 0 unspecified atom stereocenters. The Bertz CT molecular complexity index is 457. The molecule has 104 valence electrons. The van der Waals surface area contributed by atoms with E-state index >= 15 is 0 Å². The van der Waals surface area contributed by atoms with Crippen molar-refractivity contribution in [1.82, 2.24) is 5.32 Å². The quantitative estimate of drug-likeness (QED) is 0.492. The number of carbonyl (C=O) groups is 1. The largest absolute Gasteiger partial charge is 0.399 e. The van der Waals surface area contributed by atoms with Gasteiger partial charge in [-0.05, 0) is 23.8 Å². The highest BCUT2D eigenvalue weighted by Gasteiger charge is 2.40. The number of nitrogens with two attached hydrogens (primary N) is 1. The van der Waals surface area contributed by atoms with Gasteiger partial charge < -0.3 is 11.1 Å². The third-order valence-electron chi connectivity index (χ3n) is 2.18. The number of carbonyl (C=O) groups excluding carboxylic acids is 1. The molecule has 0 radical (unpaired) electrons. The van der Waals surface area contributed by atoms with Crippen LogP contribution in [0.25, 0.3) is 6.08 Å². The Hall–Kier alpha value is -2.05. The summed E-state index contributed by atoms with van der Waals surface area (Å²) < 4.78 is 48.7. The Kier molecular flexibility index (Phi) is 4.91. The van der Waals surface area contributed by atoms with Crippen molar-refractivity contribution >= 4 is 17.7 Å². The second-order valence-corrected chi connectivity index (χ2v) is 3.78. The average molecular weight is 276 g/mol. The summed E-state index contributed by atoms with van der Waals surface area (Å²) in [5, 5.41) is 1.71. The van der Waals surface area contributed by atoms with Crippen LogP contribution in [0.5, 0.6) is 0 Å². The topological polar surface area (TPSA) is 55.1 Å². The summed E-state index contributed by atoms with van der Waals surface area (Å²) in [6, 6.07) is 6.44. The zero-order valence-electron chi connectivity index (χ0n) is 9.75. The number of benzene rings is 1. The van der Waals surface area contributed by atoms with E-state index < -0.39 is 24.8 Å². The number of halogens is 4. The molecule has 19 heavy (non-hydrogen) atoms. The number of anilines is 1. The molecule has 0 spiro atoms. The SMILES string of the molecule is Nc1ccc(/C=C/C(=O)NCC(F)(F)C(F)F)cc1. The summed E-state index contributed by atoms with van der Waals surface area (Å²) in [5.74, 6) is -5.11. The van der Waals surface area contributed by atoms with E-state index in [1.807, 2.05) is 0 Å². The molecule has 0 aliphatic carbocycles. The van der Waals surface area contributed by atoms with Crippen LogP contribution in [0.2, 0.25) is 0 Å².